The van der Waals surface area contributed by atoms with Crippen LogP contribution in [0, 0.1) is 0 Å². The molecule has 4 nitrogen and oxygen atoms in total. The average Bonchev–Trinajstić information content (AvgIpc) is 2.71. The van der Waals surface area contributed by atoms with Crippen LogP contribution in [0.3, 0.4) is 0 Å². The van der Waals surface area contributed by atoms with E-state index in [1.807, 2.05) is 18.7 Å². The third-order valence-corrected chi connectivity index (χ3v) is 3.36. The van der Waals surface area contributed by atoms with Crippen LogP contribution in [0.4, 0.5) is 0 Å². The topological polar surface area (TPSA) is 55.6 Å². The number of nitrogens with two attached hydrogens (primary N) is 1. The van der Waals surface area contributed by atoms with Crippen molar-refractivity contribution >= 4 is 5.91 Å². The smallest absolute Gasteiger partial charge is 0.245 e. The summed E-state index contributed by atoms with van der Waals surface area (Å²) in [5, 5.41) is 0. The molecule has 1 amide bonds. The lowest BCUT2D eigenvalue weighted by Crippen LogP contribution is -2.57. The monoisotopic (exact) mass is 242 g/mol. The number of ether oxygens (including phenoxy) is 1. The Morgan fingerprint density at radius 1 is 1.47 bits per heavy atom. The molecule has 100 valence electrons. The van der Waals surface area contributed by atoms with E-state index in [1.165, 1.54) is 0 Å². The molecular formula is C13H26N2O2. The van der Waals surface area contributed by atoms with Gasteiger partial charge in [-0.3, -0.25) is 4.79 Å². The van der Waals surface area contributed by atoms with E-state index in [9.17, 15) is 4.79 Å². The normalized spacial score (nSPS) is 24.3. The van der Waals surface area contributed by atoms with Crippen LogP contribution in [0.2, 0.25) is 0 Å². The van der Waals surface area contributed by atoms with Gasteiger partial charge in [-0.2, -0.15) is 0 Å². The molecule has 0 bridgehead atoms. The molecule has 17 heavy (non-hydrogen) atoms. The number of unbranched alkanes of at least 4 members (excludes halogenated alkanes) is 2. The van der Waals surface area contributed by atoms with Crippen LogP contribution in [-0.4, -0.2) is 42.1 Å². The van der Waals surface area contributed by atoms with E-state index < -0.39 is 5.54 Å². The van der Waals surface area contributed by atoms with E-state index in [2.05, 4.69) is 6.92 Å². The van der Waals surface area contributed by atoms with Crippen molar-refractivity contribution in [2.45, 2.75) is 58.0 Å². The van der Waals surface area contributed by atoms with Crippen molar-refractivity contribution in [2.24, 2.45) is 5.73 Å². The first-order valence-corrected chi connectivity index (χ1v) is 6.69. The Labute approximate surface area is 104 Å². The van der Waals surface area contributed by atoms with Crippen molar-refractivity contribution < 1.29 is 9.53 Å². The number of hydrogen-bond acceptors (Lipinski definition) is 3. The number of carbonyl (C=O) groups excluding carboxylic acids is 1. The summed E-state index contributed by atoms with van der Waals surface area (Å²) >= 11 is 0. The predicted molar refractivity (Wildman–Crippen MR) is 68.7 cm³/mol. The summed E-state index contributed by atoms with van der Waals surface area (Å²) in [5.74, 6) is 0.0566. The molecule has 1 saturated heterocycles. The molecule has 4 heteroatoms. The maximum Gasteiger partial charge on any atom is 0.245 e. The highest BCUT2D eigenvalue weighted by Gasteiger charge is 2.41. The van der Waals surface area contributed by atoms with Gasteiger partial charge in [-0.15, -0.1) is 0 Å². The second-order valence-corrected chi connectivity index (χ2v) is 5.26. The number of amides is 1. The molecule has 1 atom stereocenters. The van der Waals surface area contributed by atoms with Crippen molar-refractivity contribution in [1.82, 2.24) is 4.90 Å². The molecule has 1 unspecified atom stereocenters. The van der Waals surface area contributed by atoms with Crippen LogP contribution in [0.15, 0.2) is 0 Å². The maximum atomic E-state index is 12.4. The van der Waals surface area contributed by atoms with Crippen LogP contribution in [-0.2, 0) is 9.53 Å². The number of nitrogens with zero attached hydrogens (tertiary/aromatic N) is 1. The Morgan fingerprint density at radius 3 is 2.65 bits per heavy atom. The fraction of sp³-hybridized carbons (Fsp3) is 0.923. The van der Waals surface area contributed by atoms with Gasteiger partial charge in [-0.25, -0.2) is 0 Å². The number of carbonyl (C=O) groups is 1. The molecule has 1 aliphatic heterocycles. The van der Waals surface area contributed by atoms with E-state index in [-0.39, 0.29) is 11.9 Å². The summed E-state index contributed by atoms with van der Waals surface area (Å²) in [7, 11) is 0. The number of rotatable bonds is 6. The van der Waals surface area contributed by atoms with Crippen LogP contribution < -0.4 is 5.73 Å². The zero-order valence-corrected chi connectivity index (χ0v) is 11.4. The van der Waals surface area contributed by atoms with Gasteiger partial charge in [0.05, 0.1) is 6.61 Å². The van der Waals surface area contributed by atoms with Gasteiger partial charge in [0.1, 0.15) is 5.54 Å². The van der Waals surface area contributed by atoms with Crippen molar-refractivity contribution in [3.63, 3.8) is 0 Å². The molecular weight excluding hydrogens is 216 g/mol. The lowest BCUT2D eigenvalue weighted by atomic mass is 9.97. The second-order valence-electron chi connectivity index (χ2n) is 5.26. The van der Waals surface area contributed by atoms with Crippen molar-refractivity contribution in [2.75, 3.05) is 19.8 Å². The molecule has 1 rings (SSSR count). The first-order valence-electron chi connectivity index (χ1n) is 6.69. The van der Waals surface area contributed by atoms with E-state index >= 15 is 0 Å². The minimum absolute atomic E-state index is 0.0566. The lowest BCUT2D eigenvalue weighted by molar-refractivity contribution is -0.138. The van der Waals surface area contributed by atoms with Gasteiger partial charge in [0.2, 0.25) is 5.91 Å². The van der Waals surface area contributed by atoms with E-state index in [1.54, 1.807) is 0 Å². The lowest BCUT2D eigenvalue weighted by Gasteiger charge is -2.33. The molecule has 2 N–H and O–H groups in total. The quantitative estimate of drug-likeness (QED) is 0.719. The maximum absolute atomic E-state index is 12.4. The number of hydrogen-bond donors (Lipinski definition) is 1. The van der Waals surface area contributed by atoms with Crippen molar-refractivity contribution in [1.29, 1.82) is 0 Å². The average molecular weight is 242 g/mol. The van der Waals surface area contributed by atoms with Gasteiger partial charge < -0.3 is 15.4 Å². The minimum Gasteiger partial charge on any atom is -0.379 e. The Kier molecular flexibility index (Phi) is 5.40. The summed E-state index contributed by atoms with van der Waals surface area (Å²) in [6, 6.07) is 0.209. The molecule has 0 aliphatic carbocycles. The fourth-order valence-corrected chi connectivity index (χ4v) is 2.16. The SMILES string of the molecule is CCCCCN(C(=O)C1(N)CCOC1)C(C)C. The third kappa shape index (κ3) is 3.68. The largest absolute Gasteiger partial charge is 0.379 e. The van der Waals surface area contributed by atoms with Crippen molar-refractivity contribution in [3.05, 3.63) is 0 Å². The Balaban J connectivity index is 2.59. The van der Waals surface area contributed by atoms with Crippen LogP contribution >= 0.6 is 0 Å². The van der Waals surface area contributed by atoms with Gasteiger partial charge in [0.25, 0.3) is 0 Å². The van der Waals surface area contributed by atoms with E-state index in [0.717, 1.165) is 25.8 Å². The molecule has 0 spiro atoms. The molecule has 0 aromatic carbocycles. The van der Waals surface area contributed by atoms with Gasteiger partial charge in [0, 0.05) is 19.2 Å². The zero-order chi connectivity index (χ0) is 12.9. The molecule has 0 aromatic rings. The molecule has 1 aliphatic rings. The highest BCUT2D eigenvalue weighted by Crippen LogP contribution is 2.20. The standard InChI is InChI=1S/C13H26N2O2/c1-4-5-6-8-15(11(2)3)12(16)13(14)7-9-17-10-13/h11H,4-10,14H2,1-3H3. The summed E-state index contributed by atoms with van der Waals surface area (Å²) in [6.07, 6.45) is 4.02. The van der Waals surface area contributed by atoms with Gasteiger partial charge in [-0.1, -0.05) is 19.8 Å². The molecule has 0 radical (unpaired) electrons. The highest BCUT2D eigenvalue weighted by molar-refractivity contribution is 5.86. The van der Waals surface area contributed by atoms with Crippen LogP contribution in [0.25, 0.3) is 0 Å². The molecule has 1 heterocycles. The summed E-state index contributed by atoms with van der Waals surface area (Å²) in [6.45, 7) is 8.03. The van der Waals surface area contributed by atoms with E-state index in [0.29, 0.717) is 19.6 Å². The second kappa shape index (κ2) is 6.36. The molecule has 0 aromatic heterocycles. The van der Waals surface area contributed by atoms with Gasteiger partial charge in [0.15, 0.2) is 0 Å². The first kappa shape index (κ1) is 14.5. The Morgan fingerprint density at radius 2 is 2.18 bits per heavy atom. The molecule has 0 saturated carbocycles. The first-order chi connectivity index (χ1) is 8.01. The third-order valence-electron chi connectivity index (χ3n) is 3.36. The fourth-order valence-electron chi connectivity index (χ4n) is 2.16. The van der Waals surface area contributed by atoms with Gasteiger partial charge >= 0.3 is 0 Å². The minimum atomic E-state index is -0.781. The summed E-state index contributed by atoms with van der Waals surface area (Å²) in [4.78, 5) is 14.3. The highest BCUT2D eigenvalue weighted by atomic mass is 16.5. The van der Waals surface area contributed by atoms with E-state index in [4.69, 9.17) is 10.5 Å². The summed E-state index contributed by atoms with van der Waals surface area (Å²) < 4.78 is 5.26. The predicted octanol–water partition coefficient (Wildman–Crippen LogP) is 1.53. The zero-order valence-electron chi connectivity index (χ0n) is 11.4. The van der Waals surface area contributed by atoms with Crippen LogP contribution in [0.5, 0.6) is 0 Å². The molecule has 1 fully saturated rings. The van der Waals surface area contributed by atoms with Crippen molar-refractivity contribution in [3.8, 4) is 0 Å². The summed E-state index contributed by atoms with van der Waals surface area (Å²) in [5.41, 5.74) is 5.35. The van der Waals surface area contributed by atoms with Gasteiger partial charge in [-0.05, 0) is 26.7 Å². The Bertz CT molecular complexity index is 248. The van der Waals surface area contributed by atoms with Crippen LogP contribution in [0.1, 0.15) is 46.5 Å². The Hall–Kier alpha value is -0.610.